The van der Waals surface area contributed by atoms with E-state index in [1.165, 1.54) is 18.5 Å². The average molecular weight is 592 g/mol. The second-order valence-corrected chi connectivity index (χ2v) is 11.4. The van der Waals surface area contributed by atoms with Crippen LogP contribution >= 0.6 is 0 Å². The van der Waals surface area contributed by atoms with Crippen LogP contribution in [0.15, 0.2) is 30.6 Å². The van der Waals surface area contributed by atoms with Crippen LogP contribution < -0.4 is 10.6 Å². The van der Waals surface area contributed by atoms with E-state index in [1.807, 2.05) is 11.8 Å². The van der Waals surface area contributed by atoms with Crippen molar-refractivity contribution in [3.63, 3.8) is 0 Å². The number of hydrogen-bond acceptors (Lipinski definition) is 8. The maximum absolute atomic E-state index is 13.4. The number of methoxy groups -OCH3 is 1. The van der Waals surface area contributed by atoms with Crippen molar-refractivity contribution in [1.82, 2.24) is 20.2 Å². The van der Waals surface area contributed by atoms with Crippen LogP contribution in [0.4, 0.5) is 19.0 Å². The monoisotopic (exact) mass is 591 g/mol. The average Bonchev–Trinajstić information content (AvgIpc) is 3.01. The van der Waals surface area contributed by atoms with Gasteiger partial charge in [-0.05, 0) is 63.1 Å². The molecule has 4 atom stereocenters. The molecule has 0 bridgehead atoms. The van der Waals surface area contributed by atoms with Gasteiger partial charge in [0.1, 0.15) is 17.8 Å². The summed E-state index contributed by atoms with van der Waals surface area (Å²) < 4.78 is 56.1. The molecule has 0 unspecified atom stereocenters. The second kappa shape index (κ2) is 13.7. The van der Waals surface area contributed by atoms with Crippen molar-refractivity contribution in [3.8, 4) is 0 Å². The minimum Gasteiger partial charge on any atom is -0.379 e. The molecule has 2 N–H and O–H groups in total. The molecule has 5 rings (SSSR count). The highest BCUT2D eigenvalue weighted by atomic mass is 19.4. The topological polar surface area (TPSA) is 97.8 Å². The summed E-state index contributed by atoms with van der Waals surface area (Å²) in [5.41, 5.74) is 1.14. The van der Waals surface area contributed by atoms with E-state index in [0.717, 1.165) is 62.8 Å². The Kier molecular flexibility index (Phi) is 9.97. The number of benzene rings is 1. The van der Waals surface area contributed by atoms with Crippen molar-refractivity contribution in [2.45, 2.75) is 82.0 Å². The van der Waals surface area contributed by atoms with Crippen LogP contribution in [-0.2, 0) is 20.4 Å². The van der Waals surface area contributed by atoms with E-state index in [0.29, 0.717) is 49.4 Å². The number of hydrogen-bond donors (Lipinski definition) is 2. The molecule has 3 saturated heterocycles. The van der Waals surface area contributed by atoms with Gasteiger partial charge in [0, 0.05) is 51.0 Å². The lowest BCUT2D eigenvalue weighted by Crippen LogP contribution is -2.54. The van der Waals surface area contributed by atoms with Crippen molar-refractivity contribution >= 4 is 11.7 Å². The zero-order valence-electron chi connectivity index (χ0n) is 24.2. The Balaban J connectivity index is 1.13. The van der Waals surface area contributed by atoms with Crippen molar-refractivity contribution in [1.29, 1.82) is 0 Å². The fraction of sp³-hybridized carbons (Fsp3) is 0.633. The predicted octanol–water partition coefficient (Wildman–Crippen LogP) is 4.52. The van der Waals surface area contributed by atoms with Gasteiger partial charge in [-0.15, -0.1) is 0 Å². The minimum atomic E-state index is -4.36. The third-order valence-electron chi connectivity index (χ3n) is 8.58. The van der Waals surface area contributed by atoms with Gasteiger partial charge in [0.2, 0.25) is 0 Å². The van der Waals surface area contributed by atoms with Crippen LogP contribution in [0.1, 0.15) is 71.8 Å². The lowest BCUT2D eigenvalue weighted by Gasteiger charge is -2.38. The maximum atomic E-state index is 13.4. The number of anilines is 1. The standard InChI is InChI=1S/C30H40F3N5O4/c1-19-27(29(39)38-13-10-22(11-14-38)37-24-12-15-41-17-26(24)40-2)35-18-36-28(19)34-16-23-4-3-5-25(42-23)20-6-8-21(9-7-20)30(31,32)33/h6-9,18,22-26,37H,3-5,10-17H2,1-2H3,(H,34,35,36)/t23-,24-,25+,26+/m0/s1. The molecule has 42 heavy (non-hydrogen) atoms. The molecule has 3 aliphatic heterocycles. The molecular weight excluding hydrogens is 551 g/mol. The molecular formula is C30H40F3N5O4. The van der Waals surface area contributed by atoms with Crippen molar-refractivity contribution in [2.24, 2.45) is 0 Å². The maximum Gasteiger partial charge on any atom is 0.416 e. The van der Waals surface area contributed by atoms with Crippen molar-refractivity contribution in [2.75, 3.05) is 45.3 Å². The first-order chi connectivity index (χ1) is 20.2. The van der Waals surface area contributed by atoms with E-state index in [-0.39, 0.29) is 30.3 Å². The van der Waals surface area contributed by atoms with Gasteiger partial charge in [0.25, 0.3) is 5.91 Å². The Hall–Kier alpha value is -2.80. The molecule has 3 aliphatic rings. The molecule has 1 aromatic carbocycles. The number of alkyl halides is 3. The van der Waals surface area contributed by atoms with Crippen molar-refractivity contribution in [3.05, 3.63) is 53.0 Å². The van der Waals surface area contributed by atoms with Gasteiger partial charge in [0.15, 0.2) is 0 Å². The largest absolute Gasteiger partial charge is 0.416 e. The van der Waals surface area contributed by atoms with E-state index in [4.69, 9.17) is 14.2 Å². The van der Waals surface area contributed by atoms with Crippen LogP contribution in [0, 0.1) is 6.92 Å². The van der Waals surface area contributed by atoms with Gasteiger partial charge in [-0.25, -0.2) is 9.97 Å². The summed E-state index contributed by atoms with van der Waals surface area (Å²) in [6, 6.07) is 5.77. The van der Waals surface area contributed by atoms with Crippen molar-refractivity contribution < 1.29 is 32.2 Å². The number of piperidine rings is 1. The molecule has 230 valence electrons. The van der Waals surface area contributed by atoms with Gasteiger partial charge in [0.05, 0.1) is 30.5 Å². The highest BCUT2D eigenvalue weighted by molar-refractivity contribution is 5.94. The van der Waals surface area contributed by atoms with Gasteiger partial charge in [-0.3, -0.25) is 4.79 Å². The smallest absolute Gasteiger partial charge is 0.379 e. The second-order valence-electron chi connectivity index (χ2n) is 11.4. The first-order valence-electron chi connectivity index (χ1n) is 14.8. The van der Waals surface area contributed by atoms with E-state index < -0.39 is 11.7 Å². The van der Waals surface area contributed by atoms with Crippen LogP contribution in [0.25, 0.3) is 0 Å². The third-order valence-corrected chi connectivity index (χ3v) is 8.58. The van der Waals surface area contributed by atoms with Gasteiger partial charge >= 0.3 is 6.18 Å². The first-order valence-corrected chi connectivity index (χ1v) is 14.8. The number of nitrogens with one attached hydrogen (secondary N) is 2. The fourth-order valence-electron chi connectivity index (χ4n) is 6.07. The highest BCUT2D eigenvalue weighted by Crippen LogP contribution is 2.34. The third kappa shape index (κ3) is 7.39. The Bertz CT molecular complexity index is 1190. The van der Waals surface area contributed by atoms with E-state index in [9.17, 15) is 18.0 Å². The molecule has 12 heteroatoms. The Morgan fingerprint density at radius 1 is 1.10 bits per heavy atom. The number of carbonyl (C=O) groups excluding carboxylic acids is 1. The molecule has 0 radical (unpaired) electrons. The normalized spacial score (nSPS) is 25.8. The van der Waals surface area contributed by atoms with Gasteiger partial charge < -0.3 is 29.7 Å². The summed E-state index contributed by atoms with van der Waals surface area (Å²) in [5.74, 6) is 0.476. The van der Waals surface area contributed by atoms with E-state index in [2.05, 4.69) is 20.6 Å². The predicted molar refractivity (Wildman–Crippen MR) is 150 cm³/mol. The number of nitrogens with zero attached hydrogens (tertiary/aromatic N) is 3. The molecule has 0 spiro atoms. The Morgan fingerprint density at radius 2 is 1.86 bits per heavy atom. The van der Waals surface area contributed by atoms with E-state index in [1.54, 1.807) is 7.11 Å². The fourth-order valence-corrected chi connectivity index (χ4v) is 6.07. The number of likely N-dealkylation sites (tertiary alicyclic amines) is 1. The summed E-state index contributed by atoms with van der Waals surface area (Å²) >= 11 is 0. The molecule has 3 fully saturated rings. The molecule has 0 aliphatic carbocycles. The van der Waals surface area contributed by atoms with E-state index >= 15 is 0 Å². The summed E-state index contributed by atoms with van der Waals surface area (Å²) in [5, 5.41) is 7.03. The lowest BCUT2D eigenvalue weighted by molar-refractivity contribution is -0.137. The number of rotatable bonds is 8. The number of carbonyl (C=O) groups is 1. The molecule has 4 heterocycles. The minimum absolute atomic E-state index is 0.0442. The summed E-state index contributed by atoms with van der Waals surface area (Å²) in [6.45, 7) is 4.92. The Labute approximate surface area is 244 Å². The number of aromatic nitrogens is 2. The molecule has 2 aromatic rings. The first kappa shape index (κ1) is 30.7. The summed E-state index contributed by atoms with van der Waals surface area (Å²) in [4.78, 5) is 24.0. The highest BCUT2D eigenvalue weighted by Gasteiger charge is 2.33. The lowest BCUT2D eigenvalue weighted by atomic mass is 9.97. The number of halogens is 3. The van der Waals surface area contributed by atoms with Crippen LogP contribution in [0.2, 0.25) is 0 Å². The number of ether oxygens (including phenoxy) is 3. The summed E-state index contributed by atoms with van der Waals surface area (Å²) in [6.07, 6.45) is 1.78. The zero-order valence-corrected chi connectivity index (χ0v) is 24.2. The summed E-state index contributed by atoms with van der Waals surface area (Å²) in [7, 11) is 1.71. The quantitative estimate of drug-likeness (QED) is 0.463. The van der Waals surface area contributed by atoms with Gasteiger partial charge in [-0.1, -0.05) is 12.1 Å². The molecule has 1 aromatic heterocycles. The molecule has 0 saturated carbocycles. The van der Waals surface area contributed by atoms with Crippen LogP contribution in [0.5, 0.6) is 0 Å². The SMILES string of the molecule is CO[C@@H]1COCC[C@@H]1NC1CCN(C(=O)c2ncnc(NC[C@@H]3CCC[C@H](c4ccc(C(F)(F)F)cc4)O3)c2C)CC1. The van der Waals surface area contributed by atoms with Crippen LogP contribution in [-0.4, -0.2) is 85.0 Å². The van der Waals surface area contributed by atoms with Gasteiger partial charge in [-0.2, -0.15) is 13.2 Å². The van der Waals surface area contributed by atoms with Crippen LogP contribution in [0.3, 0.4) is 0 Å². The molecule has 9 nitrogen and oxygen atoms in total. The zero-order chi connectivity index (χ0) is 29.7. The molecule has 1 amide bonds. The Morgan fingerprint density at radius 3 is 2.57 bits per heavy atom. The number of amides is 1.